The summed E-state index contributed by atoms with van der Waals surface area (Å²) in [4.78, 5) is 14.4. The molecule has 6 nitrogen and oxygen atoms in total. The standard InChI is InChI=1S/C45H26N4O2/c1-2-12-27(13-3-1)28-14-10-15-29(26-28)43-46-44(35-20-11-19-32-30-16-5-8-22-38(30)50-41(32)35)48-45(47-43)49-36-21-7-4-18-34(36)40-37(49)25-24-33-31-17-6-9-23-39(31)51-42(33)40/h1-26H/i4D,5D,6D,7D,8D,9D,11D,16D,17D,18D,19D,20D,21D,22D,23D,24D,25D. The van der Waals surface area contributed by atoms with Gasteiger partial charge in [0.2, 0.25) is 5.95 Å². The lowest BCUT2D eigenvalue weighted by atomic mass is 10.0. The highest BCUT2D eigenvalue weighted by molar-refractivity contribution is 6.23. The van der Waals surface area contributed by atoms with E-state index in [4.69, 9.17) is 40.2 Å². The number of nitrogens with zero attached hydrogens (tertiary/aromatic N) is 4. The van der Waals surface area contributed by atoms with Gasteiger partial charge in [-0.3, -0.25) is 4.57 Å². The maximum atomic E-state index is 9.58. The van der Waals surface area contributed by atoms with E-state index >= 15 is 0 Å². The molecule has 11 rings (SSSR count). The Morgan fingerprint density at radius 1 is 0.471 bits per heavy atom. The summed E-state index contributed by atoms with van der Waals surface area (Å²) in [6, 6.07) is 5.59. The summed E-state index contributed by atoms with van der Waals surface area (Å²) in [5, 5.41) is -1.33. The second-order valence-electron chi connectivity index (χ2n) is 11.5. The van der Waals surface area contributed by atoms with Crippen LogP contribution in [0, 0.1) is 0 Å². The van der Waals surface area contributed by atoms with Crippen LogP contribution < -0.4 is 0 Å². The maximum absolute atomic E-state index is 9.58. The minimum absolute atomic E-state index is 0.126. The largest absolute Gasteiger partial charge is 0.455 e. The van der Waals surface area contributed by atoms with Gasteiger partial charge in [-0.15, -0.1) is 0 Å². The predicted octanol–water partition coefficient (Wildman–Crippen LogP) is 11.8. The topological polar surface area (TPSA) is 69.9 Å². The van der Waals surface area contributed by atoms with Gasteiger partial charge in [-0.2, -0.15) is 9.97 Å². The van der Waals surface area contributed by atoms with Crippen molar-refractivity contribution in [2.24, 2.45) is 0 Å². The Morgan fingerprint density at radius 3 is 1.94 bits per heavy atom. The van der Waals surface area contributed by atoms with Crippen molar-refractivity contribution in [2.45, 2.75) is 0 Å². The summed E-state index contributed by atoms with van der Waals surface area (Å²) in [6.45, 7) is 0. The average molecular weight is 672 g/mol. The highest BCUT2D eigenvalue weighted by atomic mass is 16.3. The fourth-order valence-electron chi connectivity index (χ4n) is 6.43. The number of rotatable bonds is 4. The zero-order valence-electron chi connectivity index (χ0n) is 42.8. The molecule has 4 heterocycles. The molecule has 0 atom stereocenters. The summed E-state index contributed by atoms with van der Waals surface area (Å²) in [6.07, 6.45) is 0. The van der Waals surface area contributed by atoms with Crippen LogP contribution in [0.25, 0.3) is 106 Å². The van der Waals surface area contributed by atoms with Gasteiger partial charge in [-0.25, -0.2) is 4.98 Å². The third-order valence-electron chi connectivity index (χ3n) is 8.68. The van der Waals surface area contributed by atoms with Crippen LogP contribution in [0.1, 0.15) is 23.3 Å². The summed E-state index contributed by atoms with van der Waals surface area (Å²) >= 11 is 0. The molecule has 0 bridgehead atoms. The summed E-state index contributed by atoms with van der Waals surface area (Å²) < 4.78 is 164. The molecule has 0 aliphatic carbocycles. The van der Waals surface area contributed by atoms with Crippen molar-refractivity contribution in [1.29, 1.82) is 0 Å². The van der Waals surface area contributed by atoms with E-state index in [1.54, 1.807) is 18.2 Å². The summed E-state index contributed by atoms with van der Waals surface area (Å²) in [5.74, 6) is -1.00. The predicted molar refractivity (Wildman–Crippen MR) is 205 cm³/mol. The van der Waals surface area contributed by atoms with Crippen molar-refractivity contribution in [3.63, 3.8) is 0 Å². The normalized spacial score (nSPS) is 16.6. The molecule has 0 N–H and O–H groups in total. The quantitative estimate of drug-likeness (QED) is 0.186. The number of benzene rings is 7. The number of fused-ring (bicyclic) bond motifs is 10. The Kier molecular flexibility index (Phi) is 3.39. The van der Waals surface area contributed by atoms with Gasteiger partial charge in [-0.05, 0) is 53.4 Å². The number of furan rings is 2. The van der Waals surface area contributed by atoms with Crippen LogP contribution in [0.4, 0.5) is 0 Å². The smallest absolute Gasteiger partial charge is 0.238 e. The molecule has 4 aromatic heterocycles. The van der Waals surface area contributed by atoms with E-state index in [1.807, 2.05) is 36.4 Å². The van der Waals surface area contributed by atoms with Gasteiger partial charge in [0.15, 0.2) is 11.6 Å². The Bertz CT molecular complexity index is 4130. The SMILES string of the molecule is [2H]c1c([2H])c([2H])c2c(oc3c(-c4nc(-c5cccc(-c6ccccc6)c5)nc(-n5c6c([2H])c([2H])c([2H])c([2H])c6c6c7oc8c([2H])c([2H])c([2H])c([2H])c8c7c([2H])c([2H])c65)n4)c([2H])c([2H])c([2H])c32)c1[2H]. The molecular formula is C45H26N4O2. The Balaban J connectivity index is 1.35. The van der Waals surface area contributed by atoms with Gasteiger partial charge >= 0.3 is 0 Å². The average Bonchev–Trinajstić information content (AvgIpc) is 4.05. The van der Waals surface area contributed by atoms with E-state index in [0.717, 1.165) is 10.1 Å². The third-order valence-corrected chi connectivity index (χ3v) is 8.68. The van der Waals surface area contributed by atoms with Crippen molar-refractivity contribution >= 4 is 65.7 Å². The monoisotopic (exact) mass is 671 g/mol. The first-order valence-electron chi connectivity index (χ1n) is 24.1. The molecule has 0 saturated carbocycles. The summed E-state index contributed by atoms with van der Waals surface area (Å²) in [5.41, 5.74) is -0.477. The van der Waals surface area contributed by atoms with Crippen LogP contribution in [0.3, 0.4) is 0 Å². The Hall–Kier alpha value is -7.05. The zero-order chi connectivity index (χ0) is 48.3. The fourth-order valence-corrected chi connectivity index (χ4v) is 6.43. The molecule has 0 saturated heterocycles. The van der Waals surface area contributed by atoms with Gasteiger partial charge in [-0.1, -0.05) is 115 Å². The second kappa shape index (κ2) is 10.7. The van der Waals surface area contributed by atoms with Crippen molar-refractivity contribution in [3.05, 3.63) is 157 Å². The van der Waals surface area contributed by atoms with Crippen LogP contribution >= 0.6 is 0 Å². The van der Waals surface area contributed by atoms with E-state index < -0.39 is 114 Å². The van der Waals surface area contributed by atoms with E-state index in [0.29, 0.717) is 11.1 Å². The van der Waals surface area contributed by atoms with Crippen LogP contribution in [0.2, 0.25) is 0 Å². The first-order valence-corrected chi connectivity index (χ1v) is 15.6. The minimum Gasteiger partial charge on any atom is -0.455 e. The molecule has 0 amide bonds. The summed E-state index contributed by atoms with van der Waals surface area (Å²) in [7, 11) is 0. The minimum atomic E-state index is -0.711. The van der Waals surface area contributed by atoms with E-state index in [-0.39, 0.29) is 77.1 Å². The van der Waals surface area contributed by atoms with E-state index in [2.05, 4.69) is 0 Å². The van der Waals surface area contributed by atoms with E-state index in [9.17, 15) is 6.85 Å². The number of para-hydroxylation sites is 4. The zero-order valence-corrected chi connectivity index (χ0v) is 25.8. The van der Waals surface area contributed by atoms with Crippen molar-refractivity contribution in [3.8, 4) is 39.9 Å². The van der Waals surface area contributed by atoms with Crippen LogP contribution in [-0.4, -0.2) is 19.5 Å². The lowest BCUT2D eigenvalue weighted by Gasteiger charge is -2.12. The van der Waals surface area contributed by atoms with Gasteiger partial charge in [0.25, 0.3) is 0 Å². The van der Waals surface area contributed by atoms with Gasteiger partial charge in [0.1, 0.15) is 22.3 Å². The Labute approximate surface area is 314 Å². The maximum Gasteiger partial charge on any atom is 0.238 e. The van der Waals surface area contributed by atoms with Gasteiger partial charge in [0.05, 0.1) is 45.3 Å². The molecule has 0 aliphatic rings. The second-order valence-corrected chi connectivity index (χ2v) is 11.5. The number of aromatic nitrogens is 4. The molecule has 238 valence electrons. The first kappa shape index (κ1) is 16.1. The van der Waals surface area contributed by atoms with Gasteiger partial charge in [0, 0.05) is 32.5 Å². The van der Waals surface area contributed by atoms with Crippen LogP contribution in [-0.2, 0) is 0 Å². The molecule has 0 unspecified atom stereocenters. The fraction of sp³-hybridized carbons (Fsp3) is 0. The highest BCUT2D eigenvalue weighted by Gasteiger charge is 2.23. The molecule has 51 heavy (non-hydrogen) atoms. The molecule has 6 heteroatoms. The number of hydrogen-bond acceptors (Lipinski definition) is 5. The first-order chi connectivity index (χ1) is 32.3. The number of hydrogen-bond donors (Lipinski definition) is 0. The molecule has 7 aromatic carbocycles. The third kappa shape index (κ3) is 4.20. The molecular weight excluding hydrogens is 629 g/mol. The Morgan fingerprint density at radius 2 is 1.12 bits per heavy atom. The lowest BCUT2D eigenvalue weighted by molar-refractivity contribution is 0.669. The molecule has 11 aromatic rings. The van der Waals surface area contributed by atoms with Crippen molar-refractivity contribution in [1.82, 2.24) is 19.5 Å². The lowest BCUT2D eigenvalue weighted by Crippen LogP contribution is -2.06. The van der Waals surface area contributed by atoms with Crippen LogP contribution in [0.15, 0.2) is 166 Å². The van der Waals surface area contributed by atoms with Crippen molar-refractivity contribution in [2.75, 3.05) is 0 Å². The van der Waals surface area contributed by atoms with Crippen LogP contribution in [0.5, 0.6) is 0 Å². The van der Waals surface area contributed by atoms with E-state index in [1.165, 1.54) is 0 Å². The van der Waals surface area contributed by atoms with Crippen molar-refractivity contribution < 1.29 is 32.1 Å². The molecule has 0 fully saturated rings. The highest BCUT2D eigenvalue weighted by Crippen LogP contribution is 2.41. The molecule has 0 aliphatic heterocycles. The molecule has 0 radical (unpaired) electrons. The van der Waals surface area contributed by atoms with Gasteiger partial charge < -0.3 is 8.83 Å². The molecule has 0 spiro atoms.